The molecule has 0 amide bonds. The number of fused-ring (bicyclic) bond motifs is 1. The van der Waals surface area contributed by atoms with Crippen molar-refractivity contribution in [3.8, 4) is 11.8 Å². The van der Waals surface area contributed by atoms with Crippen molar-refractivity contribution in [2.45, 2.75) is 19.9 Å². The second-order valence-electron chi connectivity index (χ2n) is 6.01. The average molecular weight is 352 g/mol. The van der Waals surface area contributed by atoms with Gasteiger partial charge in [0.05, 0.1) is 18.7 Å². The minimum Gasteiger partial charge on any atom is -0.497 e. The van der Waals surface area contributed by atoms with Gasteiger partial charge in [0.1, 0.15) is 16.9 Å². The van der Waals surface area contributed by atoms with Gasteiger partial charge in [-0.1, -0.05) is 17.7 Å². The number of pyridine rings is 1. The normalized spacial score (nSPS) is 11.8. The fourth-order valence-corrected chi connectivity index (χ4v) is 3.13. The molecule has 0 aliphatic carbocycles. The fraction of sp³-hybridized carbons (Fsp3) is 0.200. The summed E-state index contributed by atoms with van der Waals surface area (Å²) in [7, 11) is 1.61. The molecule has 0 saturated heterocycles. The van der Waals surface area contributed by atoms with Gasteiger partial charge in [0.15, 0.2) is 0 Å². The van der Waals surface area contributed by atoms with Crippen molar-refractivity contribution in [3.05, 3.63) is 64.3 Å². The van der Waals surface area contributed by atoms with Crippen LogP contribution in [0, 0.1) is 25.2 Å². The number of nitrogens with one attached hydrogen (secondary N) is 1. The topological polar surface area (TPSA) is 57.9 Å². The lowest BCUT2D eigenvalue weighted by Crippen LogP contribution is -2.10. The number of benzene rings is 2. The fourth-order valence-electron chi connectivity index (χ4n) is 2.87. The minimum atomic E-state index is -0.590. The highest BCUT2D eigenvalue weighted by Gasteiger charge is 2.17. The Bertz CT molecular complexity index is 958. The first kappa shape index (κ1) is 17.1. The van der Waals surface area contributed by atoms with Crippen molar-refractivity contribution in [1.82, 2.24) is 4.98 Å². The summed E-state index contributed by atoms with van der Waals surface area (Å²) in [6.45, 7) is 4.05. The number of hydrogen-bond donors (Lipinski definition) is 1. The molecule has 3 rings (SSSR count). The van der Waals surface area contributed by atoms with Crippen LogP contribution in [0.5, 0.6) is 5.75 Å². The third kappa shape index (κ3) is 3.67. The van der Waals surface area contributed by atoms with Crippen LogP contribution < -0.4 is 10.1 Å². The van der Waals surface area contributed by atoms with Crippen LogP contribution in [0.15, 0.2) is 42.5 Å². The van der Waals surface area contributed by atoms with E-state index in [0.29, 0.717) is 16.5 Å². The Morgan fingerprint density at radius 1 is 1.12 bits per heavy atom. The summed E-state index contributed by atoms with van der Waals surface area (Å²) in [4.78, 5) is 4.42. The Labute approximate surface area is 152 Å². The Balaban J connectivity index is 2.00. The molecule has 4 nitrogen and oxygen atoms in total. The molecule has 25 heavy (non-hydrogen) atoms. The van der Waals surface area contributed by atoms with Crippen molar-refractivity contribution in [2.24, 2.45) is 0 Å². The quantitative estimate of drug-likeness (QED) is 0.657. The second-order valence-corrected chi connectivity index (χ2v) is 6.37. The van der Waals surface area contributed by atoms with E-state index < -0.39 is 6.04 Å². The molecule has 0 bridgehead atoms. The zero-order chi connectivity index (χ0) is 18.0. The number of methoxy groups -OCH3 is 1. The van der Waals surface area contributed by atoms with Crippen LogP contribution in [0.3, 0.4) is 0 Å². The molecule has 0 aliphatic heterocycles. The molecule has 126 valence electrons. The largest absolute Gasteiger partial charge is 0.497 e. The number of aromatic nitrogens is 1. The Kier molecular flexibility index (Phi) is 4.78. The van der Waals surface area contributed by atoms with Gasteiger partial charge in [0, 0.05) is 22.7 Å². The number of ether oxygens (including phenoxy) is 1. The SMILES string of the molecule is COc1ccc2cc(C(C#N)Nc3cc(C)cc(C)c3)c(Cl)nc2c1. The van der Waals surface area contributed by atoms with Crippen LogP contribution in [0.25, 0.3) is 10.9 Å². The Morgan fingerprint density at radius 3 is 2.48 bits per heavy atom. The first-order valence-corrected chi connectivity index (χ1v) is 8.26. The van der Waals surface area contributed by atoms with E-state index in [4.69, 9.17) is 16.3 Å². The highest BCUT2D eigenvalue weighted by atomic mass is 35.5. The van der Waals surface area contributed by atoms with Gasteiger partial charge in [-0.05, 0) is 55.3 Å². The molecule has 1 unspecified atom stereocenters. The molecular formula is C20H18ClN3O. The van der Waals surface area contributed by atoms with Crippen molar-refractivity contribution >= 4 is 28.2 Å². The minimum absolute atomic E-state index is 0.309. The highest BCUT2D eigenvalue weighted by molar-refractivity contribution is 6.30. The number of rotatable bonds is 4. The van der Waals surface area contributed by atoms with E-state index in [9.17, 15) is 5.26 Å². The number of aryl methyl sites for hydroxylation is 2. The van der Waals surface area contributed by atoms with Gasteiger partial charge in [0.25, 0.3) is 0 Å². The van der Waals surface area contributed by atoms with Crippen LogP contribution >= 0.6 is 11.6 Å². The summed E-state index contributed by atoms with van der Waals surface area (Å²) >= 11 is 6.36. The van der Waals surface area contributed by atoms with E-state index in [2.05, 4.69) is 22.4 Å². The van der Waals surface area contributed by atoms with Gasteiger partial charge in [-0.25, -0.2) is 4.98 Å². The van der Waals surface area contributed by atoms with E-state index >= 15 is 0 Å². The molecule has 5 heteroatoms. The highest BCUT2D eigenvalue weighted by Crippen LogP contribution is 2.30. The van der Waals surface area contributed by atoms with Gasteiger partial charge in [0.2, 0.25) is 0 Å². The first-order valence-electron chi connectivity index (χ1n) is 7.89. The third-order valence-electron chi connectivity index (χ3n) is 3.98. The first-order chi connectivity index (χ1) is 12.0. The zero-order valence-corrected chi connectivity index (χ0v) is 15.1. The molecule has 2 aromatic carbocycles. The number of halogens is 1. The second kappa shape index (κ2) is 7.00. The van der Waals surface area contributed by atoms with E-state index in [0.717, 1.165) is 27.7 Å². The predicted octanol–water partition coefficient (Wildman–Crippen LogP) is 5.19. The van der Waals surface area contributed by atoms with Crippen LogP contribution in [-0.4, -0.2) is 12.1 Å². The van der Waals surface area contributed by atoms with Gasteiger partial charge < -0.3 is 10.1 Å². The number of anilines is 1. The standard InChI is InChI=1S/C20H18ClN3O/c1-12-6-13(2)8-15(7-12)23-19(11-22)17-9-14-4-5-16(25-3)10-18(14)24-20(17)21/h4-10,19,23H,1-3H3. The summed E-state index contributed by atoms with van der Waals surface area (Å²) in [5, 5.41) is 14.1. The van der Waals surface area contributed by atoms with E-state index in [1.807, 2.05) is 50.2 Å². The van der Waals surface area contributed by atoms with Crippen molar-refractivity contribution in [2.75, 3.05) is 12.4 Å². The van der Waals surface area contributed by atoms with Crippen molar-refractivity contribution in [3.63, 3.8) is 0 Å². The Hall–Kier alpha value is -2.77. The van der Waals surface area contributed by atoms with Gasteiger partial charge in [-0.2, -0.15) is 5.26 Å². The summed E-state index contributed by atoms with van der Waals surface area (Å²) in [6.07, 6.45) is 0. The summed E-state index contributed by atoms with van der Waals surface area (Å²) in [5.41, 5.74) is 4.54. The molecule has 0 aliphatic rings. The number of hydrogen-bond acceptors (Lipinski definition) is 4. The lowest BCUT2D eigenvalue weighted by Gasteiger charge is -2.16. The molecule has 3 aromatic rings. The summed E-state index contributed by atoms with van der Waals surface area (Å²) in [6, 6.07) is 15.3. The van der Waals surface area contributed by atoms with E-state index in [1.165, 1.54) is 0 Å². The van der Waals surface area contributed by atoms with E-state index in [-0.39, 0.29) is 0 Å². The smallest absolute Gasteiger partial charge is 0.143 e. The molecule has 1 aromatic heterocycles. The predicted molar refractivity (Wildman–Crippen MR) is 101 cm³/mol. The molecule has 0 saturated carbocycles. The lowest BCUT2D eigenvalue weighted by molar-refractivity contribution is 0.415. The lowest BCUT2D eigenvalue weighted by atomic mass is 10.1. The van der Waals surface area contributed by atoms with Gasteiger partial charge in [-0.15, -0.1) is 0 Å². The summed E-state index contributed by atoms with van der Waals surface area (Å²) in [5.74, 6) is 0.717. The third-order valence-corrected chi connectivity index (χ3v) is 4.28. The monoisotopic (exact) mass is 351 g/mol. The average Bonchev–Trinajstić information content (AvgIpc) is 2.58. The molecule has 0 fully saturated rings. The number of nitrogens with zero attached hydrogens (tertiary/aromatic N) is 2. The van der Waals surface area contributed by atoms with Crippen LogP contribution in [0.2, 0.25) is 5.15 Å². The van der Waals surface area contributed by atoms with Crippen LogP contribution in [0.4, 0.5) is 5.69 Å². The maximum absolute atomic E-state index is 9.64. The van der Waals surface area contributed by atoms with Crippen molar-refractivity contribution < 1.29 is 4.74 Å². The van der Waals surface area contributed by atoms with Crippen LogP contribution in [-0.2, 0) is 0 Å². The van der Waals surface area contributed by atoms with Gasteiger partial charge in [-0.3, -0.25) is 0 Å². The van der Waals surface area contributed by atoms with Crippen LogP contribution in [0.1, 0.15) is 22.7 Å². The molecular weight excluding hydrogens is 334 g/mol. The summed E-state index contributed by atoms with van der Waals surface area (Å²) < 4.78 is 5.21. The molecule has 1 heterocycles. The maximum atomic E-state index is 9.64. The van der Waals surface area contributed by atoms with E-state index in [1.54, 1.807) is 7.11 Å². The number of nitriles is 1. The molecule has 0 spiro atoms. The maximum Gasteiger partial charge on any atom is 0.143 e. The molecule has 1 N–H and O–H groups in total. The molecule has 0 radical (unpaired) electrons. The Morgan fingerprint density at radius 2 is 1.84 bits per heavy atom. The molecule has 1 atom stereocenters. The van der Waals surface area contributed by atoms with Crippen molar-refractivity contribution in [1.29, 1.82) is 5.26 Å². The zero-order valence-electron chi connectivity index (χ0n) is 14.3. The van der Waals surface area contributed by atoms with Gasteiger partial charge >= 0.3 is 0 Å².